The van der Waals surface area contributed by atoms with E-state index in [1.807, 2.05) is 0 Å². The second-order valence-corrected chi connectivity index (χ2v) is 7.66. The lowest BCUT2D eigenvalue weighted by Crippen LogP contribution is -2.35. The molecule has 0 aliphatic carbocycles. The lowest BCUT2D eigenvalue weighted by atomic mass is 10.0. The van der Waals surface area contributed by atoms with Gasteiger partial charge >= 0.3 is 0 Å². The minimum Gasteiger partial charge on any atom is -0.497 e. The van der Waals surface area contributed by atoms with Crippen molar-refractivity contribution in [3.05, 3.63) is 22.7 Å². The zero-order chi connectivity index (χ0) is 14.6. The summed E-state index contributed by atoms with van der Waals surface area (Å²) in [6, 6.07) is 5.17. The van der Waals surface area contributed by atoms with Crippen molar-refractivity contribution in [3.63, 3.8) is 0 Å². The molecule has 2 rings (SSSR count). The first-order valence-corrected chi connectivity index (χ1v) is 8.99. The zero-order valence-electron chi connectivity index (χ0n) is 11.4. The molecule has 1 aromatic rings. The summed E-state index contributed by atoms with van der Waals surface area (Å²) in [7, 11) is -1.79. The molecule has 1 aliphatic rings. The van der Waals surface area contributed by atoms with Crippen LogP contribution in [0.5, 0.6) is 5.75 Å². The Balaban J connectivity index is 2.05. The molecule has 0 bridgehead atoms. The lowest BCUT2D eigenvalue weighted by molar-refractivity contribution is 0.404. The summed E-state index contributed by atoms with van der Waals surface area (Å²) in [5.74, 6) is 0.932. The number of methoxy groups -OCH3 is 1. The van der Waals surface area contributed by atoms with Crippen LogP contribution in [0.3, 0.4) is 0 Å². The number of hydrogen-bond donors (Lipinski definition) is 2. The second-order valence-electron chi connectivity index (χ2n) is 4.98. The van der Waals surface area contributed by atoms with Gasteiger partial charge in [-0.05, 0) is 44.0 Å². The van der Waals surface area contributed by atoms with Crippen molar-refractivity contribution in [1.82, 2.24) is 5.32 Å². The summed E-state index contributed by atoms with van der Waals surface area (Å²) < 4.78 is 32.9. The van der Waals surface area contributed by atoms with Gasteiger partial charge in [0.15, 0.2) is 0 Å². The van der Waals surface area contributed by atoms with Crippen molar-refractivity contribution < 1.29 is 13.2 Å². The fraction of sp³-hybridized carbons (Fsp3) is 0.538. The molecular formula is C13H19BrN2O3S. The molecule has 1 aliphatic heterocycles. The molecule has 1 heterocycles. The Labute approximate surface area is 128 Å². The number of ether oxygens (including phenoxy) is 1. The molecule has 1 unspecified atom stereocenters. The number of piperidine rings is 1. The average molecular weight is 363 g/mol. The van der Waals surface area contributed by atoms with Gasteiger partial charge in [0.05, 0.1) is 18.6 Å². The minimum absolute atomic E-state index is 0.148. The normalized spacial score (nSPS) is 19.6. The van der Waals surface area contributed by atoms with Crippen molar-refractivity contribution in [2.45, 2.75) is 12.8 Å². The van der Waals surface area contributed by atoms with E-state index in [9.17, 15) is 8.42 Å². The molecule has 0 saturated carbocycles. The molecule has 1 atom stereocenters. The van der Waals surface area contributed by atoms with Gasteiger partial charge in [0.25, 0.3) is 0 Å². The molecule has 0 radical (unpaired) electrons. The van der Waals surface area contributed by atoms with E-state index in [0.29, 0.717) is 11.4 Å². The first kappa shape index (κ1) is 15.6. The fourth-order valence-electron chi connectivity index (χ4n) is 2.34. The highest BCUT2D eigenvalue weighted by molar-refractivity contribution is 9.10. The third-order valence-corrected chi connectivity index (χ3v) is 5.15. The monoisotopic (exact) mass is 362 g/mol. The van der Waals surface area contributed by atoms with E-state index in [-0.39, 0.29) is 11.7 Å². The molecule has 7 heteroatoms. The van der Waals surface area contributed by atoms with Gasteiger partial charge in [0.2, 0.25) is 10.0 Å². The standard InChI is InChI=1S/C13H19BrN2O3S/c1-19-13-6-11(14)5-12(7-13)16-20(17,18)9-10-3-2-4-15-8-10/h5-7,10,15-16H,2-4,8-9H2,1H3. The molecule has 0 spiro atoms. The van der Waals surface area contributed by atoms with Crippen LogP contribution in [0.4, 0.5) is 5.69 Å². The number of sulfonamides is 1. The zero-order valence-corrected chi connectivity index (χ0v) is 13.8. The van der Waals surface area contributed by atoms with Gasteiger partial charge in [-0.15, -0.1) is 0 Å². The van der Waals surface area contributed by atoms with Crippen LogP contribution in [-0.2, 0) is 10.0 Å². The van der Waals surface area contributed by atoms with Gasteiger partial charge in [-0.2, -0.15) is 0 Å². The quantitative estimate of drug-likeness (QED) is 0.842. The number of benzene rings is 1. The molecule has 20 heavy (non-hydrogen) atoms. The third kappa shape index (κ3) is 4.64. The number of halogens is 1. The molecular weight excluding hydrogens is 344 g/mol. The largest absolute Gasteiger partial charge is 0.497 e. The summed E-state index contributed by atoms with van der Waals surface area (Å²) >= 11 is 3.34. The van der Waals surface area contributed by atoms with Crippen LogP contribution < -0.4 is 14.8 Å². The fourth-order valence-corrected chi connectivity index (χ4v) is 4.27. The van der Waals surface area contributed by atoms with Gasteiger partial charge < -0.3 is 10.1 Å². The molecule has 1 saturated heterocycles. The summed E-state index contributed by atoms with van der Waals surface area (Å²) in [5, 5.41) is 3.23. The van der Waals surface area contributed by atoms with Gasteiger partial charge in [-0.3, -0.25) is 4.72 Å². The Hall–Kier alpha value is -0.790. The van der Waals surface area contributed by atoms with Gasteiger partial charge in [0, 0.05) is 10.5 Å². The predicted molar refractivity (Wildman–Crippen MR) is 83.7 cm³/mol. The summed E-state index contributed by atoms with van der Waals surface area (Å²) in [4.78, 5) is 0. The van der Waals surface area contributed by atoms with Gasteiger partial charge in [0.1, 0.15) is 5.75 Å². The Morgan fingerprint density at radius 2 is 2.25 bits per heavy atom. The summed E-state index contributed by atoms with van der Waals surface area (Å²) in [5.41, 5.74) is 0.514. The Morgan fingerprint density at radius 3 is 2.90 bits per heavy atom. The van der Waals surface area contributed by atoms with E-state index in [1.54, 1.807) is 25.3 Å². The van der Waals surface area contributed by atoms with Crippen LogP contribution in [0.1, 0.15) is 12.8 Å². The van der Waals surface area contributed by atoms with E-state index >= 15 is 0 Å². The van der Waals surface area contributed by atoms with Gasteiger partial charge in [-0.1, -0.05) is 15.9 Å². The second kappa shape index (κ2) is 6.78. The van der Waals surface area contributed by atoms with Crippen molar-refractivity contribution in [2.24, 2.45) is 5.92 Å². The summed E-state index contributed by atoms with van der Waals surface area (Å²) in [6.45, 7) is 1.75. The number of hydrogen-bond acceptors (Lipinski definition) is 4. The van der Waals surface area contributed by atoms with E-state index in [2.05, 4.69) is 26.0 Å². The number of anilines is 1. The molecule has 0 aromatic heterocycles. The molecule has 1 fully saturated rings. The van der Waals surface area contributed by atoms with Crippen LogP contribution in [-0.4, -0.2) is 34.4 Å². The maximum absolute atomic E-state index is 12.2. The maximum atomic E-state index is 12.2. The van der Waals surface area contributed by atoms with Gasteiger partial charge in [-0.25, -0.2) is 8.42 Å². The third-order valence-electron chi connectivity index (χ3n) is 3.23. The molecule has 1 aromatic carbocycles. The minimum atomic E-state index is -3.34. The van der Waals surface area contributed by atoms with E-state index in [1.165, 1.54) is 0 Å². The Kier molecular flexibility index (Phi) is 5.29. The highest BCUT2D eigenvalue weighted by atomic mass is 79.9. The van der Waals surface area contributed by atoms with Crippen LogP contribution in [0.15, 0.2) is 22.7 Å². The van der Waals surface area contributed by atoms with Crippen LogP contribution >= 0.6 is 15.9 Å². The van der Waals surface area contributed by atoms with Crippen molar-refractivity contribution >= 4 is 31.6 Å². The van der Waals surface area contributed by atoms with Crippen molar-refractivity contribution in [2.75, 3.05) is 30.7 Å². The maximum Gasteiger partial charge on any atom is 0.233 e. The van der Waals surface area contributed by atoms with E-state index in [4.69, 9.17) is 4.74 Å². The summed E-state index contributed by atoms with van der Waals surface area (Å²) in [6.07, 6.45) is 1.99. The topological polar surface area (TPSA) is 67.4 Å². The molecule has 5 nitrogen and oxygen atoms in total. The van der Waals surface area contributed by atoms with Crippen molar-refractivity contribution in [1.29, 1.82) is 0 Å². The average Bonchev–Trinajstić information content (AvgIpc) is 2.37. The Morgan fingerprint density at radius 1 is 1.45 bits per heavy atom. The highest BCUT2D eigenvalue weighted by Crippen LogP contribution is 2.25. The van der Waals surface area contributed by atoms with E-state index in [0.717, 1.165) is 30.4 Å². The van der Waals surface area contributed by atoms with E-state index < -0.39 is 10.0 Å². The first-order chi connectivity index (χ1) is 9.48. The smallest absolute Gasteiger partial charge is 0.233 e. The number of nitrogens with one attached hydrogen (secondary N) is 2. The predicted octanol–water partition coefficient (Wildman–Crippen LogP) is 2.20. The molecule has 0 amide bonds. The molecule has 2 N–H and O–H groups in total. The lowest BCUT2D eigenvalue weighted by Gasteiger charge is -2.22. The van der Waals surface area contributed by atoms with Crippen LogP contribution in [0.2, 0.25) is 0 Å². The Bertz CT molecular complexity index is 557. The van der Waals surface area contributed by atoms with Crippen molar-refractivity contribution in [3.8, 4) is 5.75 Å². The number of rotatable bonds is 5. The van der Waals surface area contributed by atoms with Crippen LogP contribution in [0.25, 0.3) is 0 Å². The van der Waals surface area contributed by atoms with Crippen LogP contribution in [0, 0.1) is 5.92 Å². The highest BCUT2D eigenvalue weighted by Gasteiger charge is 2.21. The SMILES string of the molecule is COc1cc(Br)cc(NS(=O)(=O)CC2CCCNC2)c1. The first-order valence-electron chi connectivity index (χ1n) is 6.54. The molecule has 112 valence electrons.